The molecule has 7 heteroatoms. The van der Waals surface area contributed by atoms with Crippen LogP contribution in [0.1, 0.15) is 39.0 Å². The summed E-state index contributed by atoms with van der Waals surface area (Å²) in [5.74, 6) is -0.282. The number of carbonyl (C=O) groups is 2. The van der Waals surface area contributed by atoms with Crippen LogP contribution in [0.15, 0.2) is 101 Å². The number of aromatic nitrogens is 3. The quantitative estimate of drug-likeness (QED) is 0.247. The van der Waals surface area contributed by atoms with E-state index in [0.717, 1.165) is 32.1 Å². The maximum absolute atomic E-state index is 13.1. The third-order valence-electron chi connectivity index (χ3n) is 5.55. The Balaban J connectivity index is 1.35. The summed E-state index contributed by atoms with van der Waals surface area (Å²) in [6, 6.07) is 26.2. The number of benzene rings is 3. The van der Waals surface area contributed by atoms with Gasteiger partial charge in [-0.2, -0.15) is 5.10 Å². The molecule has 2 N–H and O–H groups in total. The van der Waals surface area contributed by atoms with Gasteiger partial charge in [-0.3, -0.25) is 19.7 Å². The molecule has 2 aromatic heterocycles. The zero-order valence-corrected chi connectivity index (χ0v) is 20.3. The summed E-state index contributed by atoms with van der Waals surface area (Å²) in [6.45, 7) is 1.50. The highest BCUT2D eigenvalue weighted by Gasteiger charge is 2.14. The Bertz CT molecular complexity index is 1590. The van der Waals surface area contributed by atoms with Gasteiger partial charge in [0.25, 0.3) is 5.91 Å². The van der Waals surface area contributed by atoms with Crippen molar-refractivity contribution in [1.82, 2.24) is 15.2 Å². The Hall–Kier alpha value is -4.49. The third-order valence-corrected chi connectivity index (χ3v) is 6.62. The lowest BCUT2D eigenvalue weighted by molar-refractivity contribution is 0.101. The highest BCUT2D eigenvalue weighted by molar-refractivity contribution is 7.99. The molecule has 1 amide bonds. The lowest BCUT2D eigenvalue weighted by atomic mass is 10.1. The van der Waals surface area contributed by atoms with Crippen molar-refractivity contribution in [3.05, 3.63) is 114 Å². The first-order valence-corrected chi connectivity index (χ1v) is 12.1. The monoisotopic (exact) mass is 490 g/mol. The maximum Gasteiger partial charge on any atom is 0.256 e. The van der Waals surface area contributed by atoms with Gasteiger partial charge in [-0.25, -0.2) is 0 Å². The van der Waals surface area contributed by atoms with Gasteiger partial charge in [-0.15, -0.1) is 0 Å². The molecule has 0 spiro atoms. The minimum absolute atomic E-state index is 0.0494. The minimum atomic E-state index is -0.233. The summed E-state index contributed by atoms with van der Waals surface area (Å²) in [5, 5.41) is 11.4. The summed E-state index contributed by atoms with van der Waals surface area (Å²) < 4.78 is 0. The summed E-state index contributed by atoms with van der Waals surface area (Å²) in [4.78, 5) is 30.9. The van der Waals surface area contributed by atoms with E-state index in [0.29, 0.717) is 16.8 Å². The fourth-order valence-corrected chi connectivity index (χ4v) is 4.72. The standard InChI is InChI=1S/C29H22N4O2S/c1-19(34)20-7-6-9-22(17-20)31-29(35)25-10-2-3-11-28(25)36-23-13-14-24-26(32-33-27(24)18-23)15-12-21-8-4-5-16-30-21/h2-18H,1H3,(H,31,35)(H,32,33)/b15-12+. The van der Waals surface area contributed by atoms with E-state index < -0.39 is 0 Å². The molecule has 0 atom stereocenters. The van der Waals surface area contributed by atoms with Gasteiger partial charge in [-0.05, 0) is 73.7 Å². The van der Waals surface area contributed by atoms with Crippen molar-refractivity contribution < 1.29 is 9.59 Å². The zero-order chi connectivity index (χ0) is 24.9. The van der Waals surface area contributed by atoms with Gasteiger partial charge in [-0.1, -0.05) is 42.1 Å². The molecule has 0 aliphatic rings. The third kappa shape index (κ3) is 5.26. The first kappa shape index (κ1) is 23.3. The predicted molar refractivity (Wildman–Crippen MR) is 144 cm³/mol. The number of fused-ring (bicyclic) bond motifs is 1. The van der Waals surface area contributed by atoms with Gasteiger partial charge in [0.1, 0.15) is 0 Å². The van der Waals surface area contributed by atoms with E-state index in [2.05, 4.69) is 20.5 Å². The van der Waals surface area contributed by atoms with E-state index in [1.165, 1.54) is 18.7 Å². The van der Waals surface area contributed by atoms with Crippen molar-refractivity contribution in [1.29, 1.82) is 0 Å². The summed E-state index contributed by atoms with van der Waals surface area (Å²) in [7, 11) is 0. The van der Waals surface area contributed by atoms with Crippen molar-refractivity contribution in [3.63, 3.8) is 0 Å². The fraction of sp³-hybridized carbons (Fsp3) is 0.0345. The molecule has 6 nitrogen and oxygen atoms in total. The Morgan fingerprint density at radius 2 is 1.78 bits per heavy atom. The van der Waals surface area contributed by atoms with Crippen molar-refractivity contribution >= 4 is 52.2 Å². The first-order valence-electron chi connectivity index (χ1n) is 11.3. The van der Waals surface area contributed by atoms with Crippen LogP contribution in [0.4, 0.5) is 5.69 Å². The number of carbonyl (C=O) groups excluding carboxylic acids is 2. The molecule has 0 unspecified atom stereocenters. The van der Waals surface area contributed by atoms with E-state index in [1.807, 2.05) is 66.7 Å². The Labute approximate surface area is 212 Å². The predicted octanol–water partition coefficient (Wildman–Crippen LogP) is 6.73. The number of ketones is 1. The first-order chi connectivity index (χ1) is 17.6. The van der Waals surface area contributed by atoms with Gasteiger partial charge < -0.3 is 5.32 Å². The molecule has 0 saturated carbocycles. The van der Waals surface area contributed by atoms with Crippen molar-refractivity contribution in [2.45, 2.75) is 16.7 Å². The second-order valence-corrected chi connectivity index (χ2v) is 9.21. The lowest BCUT2D eigenvalue weighted by Crippen LogP contribution is -2.13. The molecule has 3 aromatic carbocycles. The largest absolute Gasteiger partial charge is 0.322 e. The Morgan fingerprint density at radius 1 is 0.917 bits per heavy atom. The maximum atomic E-state index is 13.1. The summed E-state index contributed by atoms with van der Waals surface area (Å²) in [5.41, 5.74) is 4.29. The Morgan fingerprint density at radius 3 is 2.61 bits per heavy atom. The van der Waals surface area contributed by atoms with Crippen LogP contribution in [0.25, 0.3) is 23.1 Å². The topological polar surface area (TPSA) is 87.7 Å². The molecule has 0 radical (unpaired) electrons. The zero-order valence-electron chi connectivity index (χ0n) is 19.4. The van der Waals surface area contributed by atoms with Gasteiger partial charge in [0, 0.05) is 32.6 Å². The molecule has 5 rings (SSSR count). The smallest absolute Gasteiger partial charge is 0.256 e. The van der Waals surface area contributed by atoms with Crippen molar-refractivity contribution in [3.8, 4) is 0 Å². The van der Waals surface area contributed by atoms with E-state index in [4.69, 9.17) is 0 Å². The molecular weight excluding hydrogens is 468 g/mol. The average molecular weight is 491 g/mol. The molecule has 5 aromatic rings. The molecule has 0 bridgehead atoms. The van der Waals surface area contributed by atoms with Crippen LogP contribution < -0.4 is 5.32 Å². The number of nitrogens with one attached hydrogen (secondary N) is 2. The number of hydrogen-bond acceptors (Lipinski definition) is 5. The lowest BCUT2D eigenvalue weighted by Gasteiger charge is -2.11. The number of amides is 1. The molecular formula is C29H22N4O2S. The van der Waals surface area contributed by atoms with Crippen LogP contribution in [-0.4, -0.2) is 26.9 Å². The number of Topliss-reactive ketones (excluding diaryl/α,β-unsaturated/α-hetero) is 1. The number of hydrogen-bond donors (Lipinski definition) is 2. The molecule has 0 aliphatic heterocycles. The van der Waals surface area contributed by atoms with Crippen LogP contribution in [0.2, 0.25) is 0 Å². The number of rotatable bonds is 7. The van der Waals surface area contributed by atoms with Crippen molar-refractivity contribution in [2.75, 3.05) is 5.32 Å². The van der Waals surface area contributed by atoms with Crippen LogP contribution in [0.3, 0.4) is 0 Å². The average Bonchev–Trinajstić information content (AvgIpc) is 3.30. The molecule has 36 heavy (non-hydrogen) atoms. The fourth-order valence-electron chi connectivity index (χ4n) is 3.73. The van der Waals surface area contributed by atoms with Crippen molar-refractivity contribution in [2.24, 2.45) is 0 Å². The van der Waals surface area contributed by atoms with Crippen LogP contribution in [0, 0.1) is 0 Å². The second-order valence-electron chi connectivity index (χ2n) is 8.09. The van der Waals surface area contributed by atoms with Crippen LogP contribution >= 0.6 is 11.8 Å². The number of H-pyrrole nitrogens is 1. The van der Waals surface area contributed by atoms with E-state index in [1.54, 1.807) is 36.5 Å². The second kappa shape index (κ2) is 10.4. The Kier molecular flexibility index (Phi) is 6.73. The normalized spacial score (nSPS) is 11.1. The minimum Gasteiger partial charge on any atom is -0.322 e. The van der Waals surface area contributed by atoms with Gasteiger partial charge >= 0.3 is 0 Å². The highest BCUT2D eigenvalue weighted by atomic mass is 32.2. The van der Waals surface area contributed by atoms with Crippen LogP contribution in [-0.2, 0) is 0 Å². The molecule has 0 saturated heterocycles. The van der Waals surface area contributed by atoms with E-state index >= 15 is 0 Å². The number of anilines is 1. The van der Waals surface area contributed by atoms with Crippen LogP contribution in [0.5, 0.6) is 0 Å². The van der Waals surface area contributed by atoms with E-state index in [9.17, 15) is 9.59 Å². The summed E-state index contributed by atoms with van der Waals surface area (Å²) >= 11 is 1.50. The number of nitrogens with zero attached hydrogens (tertiary/aromatic N) is 2. The number of pyridine rings is 1. The molecule has 176 valence electrons. The molecule has 0 aliphatic carbocycles. The van der Waals surface area contributed by atoms with E-state index in [-0.39, 0.29) is 11.7 Å². The van der Waals surface area contributed by atoms with Gasteiger partial charge in [0.05, 0.1) is 22.5 Å². The SMILES string of the molecule is CC(=O)c1cccc(NC(=O)c2ccccc2Sc2ccc3c(/C=C/c4ccccn4)n[nH]c3c2)c1. The number of aromatic amines is 1. The molecule has 0 fully saturated rings. The summed E-state index contributed by atoms with van der Waals surface area (Å²) in [6.07, 6.45) is 5.63. The van der Waals surface area contributed by atoms with Gasteiger partial charge in [0.15, 0.2) is 5.78 Å². The molecule has 2 heterocycles. The highest BCUT2D eigenvalue weighted by Crippen LogP contribution is 2.33. The van der Waals surface area contributed by atoms with Gasteiger partial charge in [0.2, 0.25) is 0 Å².